The van der Waals surface area contributed by atoms with Gasteiger partial charge in [-0.2, -0.15) is 5.10 Å². The van der Waals surface area contributed by atoms with E-state index in [-0.39, 0.29) is 10.8 Å². The highest BCUT2D eigenvalue weighted by atomic mass is 32.1. The third-order valence-electron chi connectivity index (χ3n) is 3.27. The Morgan fingerprint density at radius 1 is 0.909 bits per heavy atom. The van der Waals surface area contributed by atoms with Gasteiger partial charge in [-0.05, 0) is 24.4 Å². The zero-order valence-corrected chi connectivity index (χ0v) is 12.2. The number of rotatable bonds is 2. The molecule has 1 aliphatic rings. The molecule has 1 aliphatic carbocycles. The standard InChI is InChI=1S/C13H17N3O5S/c17-8-7(9(18)11(20)12(21)10(8)19)15-16-13(22)14-6-4-2-1-3-5-6/h1-5,8-12,17-21H,(H2,14,16,22)/b15-7-/t8-,9+,10+,11+,12-/m0/s1. The van der Waals surface area contributed by atoms with Gasteiger partial charge in [0.1, 0.15) is 36.2 Å². The lowest BCUT2D eigenvalue weighted by Crippen LogP contribution is -2.62. The molecule has 22 heavy (non-hydrogen) atoms. The molecule has 2 rings (SSSR count). The molecular weight excluding hydrogens is 310 g/mol. The molecule has 0 radical (unpaired) electrons. The molecule has 0 saturated heterocycles. The van der Waals surface area contributed by atoms with Crippen LogP contribution in [0.4, 0.5) is 5.69 Å². The van der Waals surface area contributed by atoms with Crippen LogP contribution < -0.4 is 10.7 Å². The van der Waals surface area contributed by atoms with Crippen molar-refractivity contribution in [3.63, 3.8) is 0 Å². The van der Waals surface area contributed by atoms with Gasteiger partial charge in [-0.25, -0.2) is 0 Å². The summed E-state index contributed by atoms with van der Waals surface area (Å²) >= 11 is 5.00. The summed E-state index contributed by atoms with van der Waals surface area (Å²) in [6.07, 6.45) is -8.23. The Balaban J connectivity index is 2.03. The highest BCUT2D eigenvalue weighted by Crippen LogP contribution is 2.19. The van der Waals surface area contributed by atoms with E-state index in [0.717, 1.165) is 0 Å². The van der Waals surface area contributed by atoms with Gasteiger partial charge in [0.05, 0.1) is 0 Å². The van der Waals surface area contributed by atoms with Gasteiger partial charge >= 0.3 is 0 Å². The fourth-order valence-electron chi connectivity index (χ4n) is 2.03. The van der Waals surface area contributed by atoms with Crippen molar-refractivity contribution in [2.75, 3.05) is 5.32 Å². The van der Waals surface area contributed by atoms with Crippen molar-refractivity contribution < 1.29 is 25.5 Å². The van der Waals surface area contributed by atoms with Crippen LogP contribution in [0.25, 0.3) is 0 Å². The third-order valence-corrected chi connectivity index (χ3v) is 3.46. The van der Waals surface area contributed by atoms with Crippen molar-refractivity contribution in [3.05, 3.63) is 30.3 Å². The molecule has 8 nitrogen and oxygen atoms in total. The zero-order chi connectivity index (χ0) is 16.3. The second kappa shape index (κ2) is 7.09. The Kier molecular flexibility index (Phi) is 5.40. The summed E-state index contributed by atoms with van der Waals surface area (Å²) in [7, 11) is 0. The van der Waals surface area contributed by atoms with Crippen LogP contribution in [-0.4, -0.2) is 66.9 Å². The van der Waals surface area contributed by atoms with Crippen LogP contribution in [0.15, 0.2) is 35.4 Å². The van der Waals surface area contributed by atoms with Gasteiger partial charge < -0.3 is 30.8 Å². The van der Waals surface area contributed by atoms with Gasteiger partial charge in [0, 0.05) is 5.69 Å². The van der Waals surface area contributed by atoms with Gasteiger partial charge in [-0.15, -0.1) is 0 Å². The van der Waals surface area contributed by atoms with Crippen molar-refractivity contribution >= 4 is 28.7 Å². The van der Waals surface area contributed by atoms with Gasteiger partial charge in [-0.1, -0.05) is 18.2 Å². The molecule has 1 fully saturated rings. The van der Waals surface area contributed by atoms with Gasteiger partial charge in [0.2, 0.25) is 0 Å². The van der Waals surface area contributed by atoms with E-state index >= 15 is 0 Å². The fraction of sp³-hybridized carbons (Fsp3) is 0.385. The Hall–Kier alpha value is -1.62. The van der Waals surface area contributed by atoms with Crippen LogP contribution in [0.1, 0.15) is 0 Å². The molecule has 0 amide bonds. The number of hydrazone groups is 1. The second-order valence-electron chi connectivity index (χ2n) is 4.83. The van der Waals surface area contributed by atoms with E-state index in [1.807, 2.05) is 6.07 Å². The molecule has 0 aliphatic heterocycles. The Bertz CT molecular complexity index is 538. The summed E-state index contributed by atoms with van der Waals surface area (Å²) in [5.41, 5.74) is 2.79. The maximum atomic E-state index is 9.78. The monoisotopic (exact) mass is 327 g/mol. The minimum absolute atomic E-state index is 0.0909. The highest BCUT2D eigenvalue weighted by molar-refractivity contribution is 7.80. The second-order valence-corrected chi connectivity index (χ2v) is 5.24. The number of benzene rings is 1. The van der Waals surface area contributed by atoms with Gasteiger partial charge in [-0.3, -0.25) is 5.43 Å². The van der Waals surface area contributed by atoms with Crippen molar-refractivity contribution in [3.8, 4) is 0 Å². The first-order valence-electron chi connectivity index (χ1n) is 6.51. The molecule has 1 saturated carbocycles. The van der Waals surface area contributed by atoms with Crippen molar-refractivity contribution in [1.29, 1.82) is 0 Å². The number of hydrogen-bond acceptors (Lipinski definition) is 7. The number of anilines is 1. The van der Waals surface area contributed by atoms with Gasteiger partial charge in [0.25, 0.3) is 0 Å². The summed E-state index contributed by atoms with van der Waals surface area (Å²) in [6.45, 7) is 0. The van der Waals surface area contributed by atoms with E-state index in [0.29, 0.717) is 5.69 Å². The highest BCUT2D eigenvalue weighted by Gasteiger charge is 2.46. The minimum Gasteiger partial charge on any atom is -0.387 e. The SMILES string of the molecule is O[C@@H]1[C@H](O)[C@H](O)/C(=N\NC(=S)Nc2ccccc2)[C@H](O)[C@H]1O. The third kappa shape index (κ3) is 3.58. The van der Waals surface area contributed by atoms with Crippen LogP contribution in [-0.2, 0) is 0 Å². The Morgan fingerprint density at radius 3 is 2.00 bits per heavy atom. The Morgan fingerprint density at radius 2 is 1.45 bits per heavy atom. The molecule has 7 N–H and O–H groups in total. The lowest BCUT2D eigenvalue weighted by molar-refractivity contribution is -0.130. The van der Waals surface area contributed by atoms with E-state index in [4.69, 9.17) is 12.2 Å². The molecule has 1 aromatic carbocycles. The largest absolute Gasteiger partial charge is 0.387 e. The van der Waals surface area contributed by atoms with E-state index < -0.39 is 30.5 Å². The molecule has 120 valence electrons. The summed E-state index contributed by atoms with van der Waals surface area (Å²) < 4.78 is 0. The number of hydrogen-bond donors (Lipinski definition) is 7. The first-order chi connectivity index (χ1) is 10.4. The molecule has 0 spiro atoms. The average Bonchev–Trinajstić information content (AvgIpc) is 2.52. The maximum Gasteiger partial charge on any atom is 0.191 e. The van der Waals surface area contributed by atoms with Crippen molar-refractivity contribution in [2.24, 2.45) is 5.10 Å². The number of para-hydroxylation sites is 1. The first-order valence-corrected chi connectivity index (χ1v) is 6.92. The van der Waals surface area contributed by atoms with E-state index in [1.165, 1.54) is 0 Å². The summed E-state index contributed by atoms with van der Waals surface area (Å²) in [4.78, 5) is 0. The lowest BCUT2D eigenvalue weighted by Gasteiger charge is -2.36. The summed E-state index contributed by atoms with van der Waals surface area (Å²) in [6, 6.07) is 8.99. The molecule has 5 atom stereocenters. The average molecular weight is 327 g/mol. The number of aliphatic hydroxyl groups is 5. The first kappa shape index (κ1) is 16.7. The molecule has 1 aromatic rings. The van der Waals surface area contributed by atoms with E-state index in [9.17, 15) is 25.5 Å². The molecule has 9 heteroatoms. The fourth-order valence-corrected chi connectivity index (χ4v) is 2.19. The summed E-state index contributed by atoms with van der Waals surface area (Å²) in [5, 5.41) is 54.8. The number of nitrogens with one attached hydrogen (secondary N) is 2. The molecule has 0 aromatic heterocycles. The van der Waals surface area contributed by atoms with Gasteiger partial charge in [0.15, 0.2) is 5.11 Å². The normalized spacial score (nSPS) is 33.5. The lowest BCUT2D eigenvalue weighted by atomic mass is 9.86. The number of nitrogens with zero attached hydrogens (tertiary/aromatic N) is 1. The van der Waals surface area contributed by atoms with E-state index in [1.54, 1.807) is 24.3 Å². The van der Waals surface area contributed by atoms with Crippen LogP contribution in [0.3, 0.4) is 0 Å². The molecule has 0 unspecified atom stereocenters. The quantitative estimate of drug-likeness (QED) is 0.248. The van der Waals surface area contributed by atoms with Crippen molar-refractivity contribution in [1.82, 2.24) is 5.43 Å². The molecule has 0 bridgehead atoms. The smallest absolute Gasteiger partial charge is 0.191 e. The molecule has 0 heterocycles. The minimum atomic E-state index is -1.67. The van der Waals surface area contributed by atoms with Crippen LogP contribution in [0.2, 0.25) is 0 Å². The van der Waals surface area contributed by atoms with Crippen molar-refractivity contribution in [2.45, 2.75) is 30.5 Å². The van der Waals surface area contributed by atoms with Crippen LogP contribution >= 0.6 is 12.2 Å². The van der Waals surface area contributed by atoms with Crippen LogP contribution in [0, 0.1) is 0 Å². The van der Waals surface area contributed by atoms with Crippen LogP contribution in [0.5, 0.6) is 0 Å². The topological polar surface area (TPSA) is 138 Å². The zero-order valence-electron chi connectivity index (χ0n) is 11.4. The number of aliphatic hydroxyl groups excluding tert-OH is 5. The predicted octanol–water partition coefficient (Wildman–Crippen LogP) is -1.85. The Labute approximate surface area is 131 Å². The number of thiocarbonyl (C=S) groups is 1. The maximum absolute atomic E-state index is 9.78. The van der Waals surface area contributed by atoms with E-state index in [2.05, 4.69) is 15.8 Å². The summed E-state index contributed by atoms with van der Waals surface area (Å²) in [5.74, 6) is 0. The molecular formula is C13H17N3O5S. The predicted molar refractivity (Wildman–Crippen MR) is 83.3 cm³/mol.